The van der Waals surface area contributed by atoms with Gasteiger partial charge in [0.1, 0.15) is 0 Å². The fraction of sp³-hybridized carbons (Fsp3) is 0.263. The summed E-state index contributed by atoms with van der Waals surface area (Å²) in [5.74, 6) is -0.229. The molecule has 0 aromatic heterocycles. The molecule has 0 aliphatic heterocycles. The first kappa shape index (κ1) is 16.7. The predicted molar refractivity (Wildman–Crippen MR) is 93.6 cm³/mol. The number of amides is 2. The van der Waals surface area contributed by atoms with E-state index in [0.717, 1.165) is 11.1 Å². The normalized spacial score (nSPS) is 11.0. The van der Waals surface area contributed by atoms with Crippen LogP contribution in [0.5, 0.6) is 0 Å². The van der Waals surface area contributed by atoms with Gasteiger partial charge in [-0.05, 0) is 44.0 Å². The molecule has 23 heavy (non-hydrogen) atoms. The quantitative estimate of drug-likeness (QED) is 0.900. The highest BCUT2D eigenvalue weighted by molar-refractivity contribution is 6.00. The molecule has 2 rings (SSSR count). The molecule has 4 nitrogen and oxygen atoms in total. The summed E-state index contributed by atoms with van der Waals surface area (Å²) in [6, 6.07) is 15.1. The molecule has 2 aromatic rings. The van der Waals surface area contributed by atoms with Crippen LogP contribution in [-0.4, -0.2) is 11.8 Å². The lowest BCUT2D eigenvalue weighted by Gasteiger charge is -2.25. The van der Waals surface area contributed by atoms with Crippen LogP contribution in [0.3, 0.4) is 0 Å². The van der Waals surface area contributed by atoms with Crippen molar-refractivity contribution in [1.29, 1.82) is 0 Å². The minimum Gasteiger partial charge on any atom is -0.326 e. The largest absolute Gasteiger partial charge is 0.326 e. The van der Waals surface area contributed by atoms with Crippen LogP contribution < -0.4 is 10.6 Å². The van der Waals surface area contributed by atoms with Gasteiger partial charge in [0, 0.05) is 18.3 Å². The highest BCUT2D eigenvalue weighted by Crippen LogP contribution is 2.28. The van der Waals surface area contributed by atoms with E-state index in [-0.39, 0.29) is 11.8 Å². The van der Waals surface area contributed by atoms with Crippen molar-refractivity contribution in [2.45, 2.75) is 33.1 Å². The van der Waals surface area contributed by atoms with Gasteiger partial charge in [0.15, 0.2) is 0 Å². The lowest BCUT2D eigenvalue weighted by atomic mass is 9.83. The van der Waals surface area contributed by atoms with Gasteiger partial charge < -0.3 is 10.6 Å². The van der Waals surface area contributed by atoms with Crippen molar-refractivity contribution < 1.29 is 9.59 Å². The van der Waals surface area contributed by atoms with Crippen molar-refractivity contribution >= 4 is 23.2 Å². The van der Waals surface area contributed by atoms with Crippen LogP contribution in [-0.2, 0) is 15.0 Å². The van der Waals surface area contributed by atoms with E-state index in [1.54, 1.807) is 0 Å². The Labute approximate surface area is 136 Å². The fourth-order valence-electron chi connectivity index (χ4n) is 2.36. The molecular formula is C19H22N2O2. The first-order chi connectivity index (χ1) is 10.8. The molecular weight excluding hydrogens is 288 g/mol. The van der Waals surface area contributed by atoms with Crippen LogP contribution in [0.2, 0.25) is 0 Å². The topological polar surface area (TPSA) is 58.2 Å². The number of benzene rings is 2. The third-order valence-corrected chi connectivity index (χ3v) is 3.96. The minimum atomic E-state index is -0.655. The van der Waals surface area contributed by atoms with E-state index in [1.165, 1.54) is 6.92 Å². The molecule has 2 amide bonds. The third-order valence-electron chi connectivity index (χ3n) is 3.96. The van der Waals surface area contributed by atoms with Crippen LogP contribution in [0.25, 0.3) is 0 Å². The molecule has 2 N–H and O–H groups in total. The Morgan fingerprint density at radius 2 is 1.43 bits per heavy atom. The number of hydrogen-bond acceptors (Lipinski definition) is 2. The molecule has 0 heterocycles. The zero-order chi connectivity index (χ0) is 17.0. The van der Waals surface area contributed by atoms with Crippen LogP contribution in [0, 0.1) is 6.92 Å². The number of anilines is 2. The van der Waals surface area contributed by atoms with E-state index < -0.39 is 5.41 Å². The van der Waals surface area contributed by atoms with E-state index in [2.05, 4.69) is 10.6 Å². The maximum absolute atomic E-state index is 12.7. The SMILES string of the molecule is CC(=O)Nc1cccc(NC(=O)C(C)(C)c2ccccc2)c1C. The molecule has 0 fully saturated rings. The molecule has 0 unspecified atom stereocenters. The van der Waals surface area contributed by atoms with Crippen LogP contribution in [0.15, 0.2) is 48.5 Å². The fourth-order valence-corrected chi connectivity index (χ4v) is 2.36. The molecule has 0 bridgehead atoms. The second-order valence-corrected chi connectivity index (χ2v) is 6.10. The zero-order valence-electron chi connectivity index (χ0n) is 13.9. The van der Waals surface area contributed by atoms with E-state index in [4.69, 9.17) is 0 Å². The van der Waals surface area contributed by atoms with Crippen molar-refractivity contribution in [2.75, 3.05) is 10.6 Å². The van der Waals surface area contributed by atoms with Gasteiger partial charge in [0.05, 0.1) is 5.41 Å². The number of hydrogen-bond donors (Lipinski definition) is 2. The molecule has 0 aliphatic rings. The first-order valence-corrected chi connectivity index (χ1v) is 7.56. The maximum Gasteiger partial charge on any atom is 0.234 e. The third kappa shape index (κ3) is 3.77. The van der Waals surface area contributed by atoms with Gasteiger partial charge in [-0.3, -0.25) is 9.59 Å². The molecule has 2 aromatic carbocycles. The zero-order valence-corrected chi connectivity index (χ0v) is 13.9. The Morgan fingerprint density at radius 3 is 2.00 bits per heavy atom. The summed E-state index contributed by atoms with van der Waals surface area (Å²) in [5.41, 5.74) is 2.53. The predicted octanol–water partition coefficient (Wildman–Crippen LogP) is 3.87. The molecule has 0 radical (unpaired) electrons. The molecule has 0 saturated carbocycles. The Balaban J connectivity index is 2.25. The molecule has 0 saturated heterocycles. The molecule has 0 spiro atoms. The monoisotopic (exact) mass is 310 g/mol. The summed E-state index contributed by atoms with van der Waals surface area (Å²) in [7, 11) is 0. The lowest BCUT2D eigenvalue weighted by molar-refractivity contribution is -0.120. The molecule has 0 atom stereocenters. The number of rotatable bonds is 4. The van der Waals surface area contributed by atoms with Crippen molar-refractivity contribution in [2.24, 2.45) is 0 Å². The number of nitrogens with one attached hydrogen (secondary N) is 2. The number of carbonyl (C=O) groups is 2. The Kier molecular flexibility index (Phi) is 4.84. The lowest BCUT2D eigenvalue weighted by Crippen LogP contribution is -2.34. The summed E-state index contributed by atoms with van der Waals surface area (Å²) in [6.07, 6.45) is 0. The summed E-state index contributed by atoms with van der Waals surface area (Å²) in [4.78, 5) is 24.0. The Bertz CT molecular complexity index is 721. The average Bonchev–Trinajstić information content (AvgIpc) is 2.51. The minimum absolute atomic E-state index is 0.0909. The standard InChI is InChI=1S/C19H22N2O2/c1-13-16(20-14(2)22)11-8-12-17(13)21-18(23)19(3,4)15-9-6-5-7-10-15/h5-12H,1-4H3,(H,20,22)(H,21,23). The highest BCUT2D eigenvalue weighted by Gasteiger charge is 2.30. The van der Waals surface area contributed by atoms with Gasteiger partial charge >= 0.3 is 0 Å². The van der Waals surface area contributed by atoms with Gasteiger partial charge in [-0.2, -0.15) is 0 Å². The number of carbonyl (C=O) groups excluding carboxylic acids is 2. The van der Waals surface area contributed by atoms with Crippen LogP contribution in [0.1, 0.15) is 31.9 Å². The van der Waals surface area contributed by atoms with Gasteiger partial charge in [-0.1, -0.05) is 36.4 Å². The second-order valence-electron chi connectivity index (χ2n) is 6.10. The van der Waals surface area contributed by atoms with Gasteiger partial charge in [0.2, 0.25) is 11.8 Å². The van der Waals surface area contributed by atoms with Crippen molar-refractivity contribution in [1.82, 2.24) is 0 Å². The smallest absolute Gasteiger partial charge is 0.234 e. The average molecular weight is 310 g/mol. The van der Waals surface area contributed by atoms with Crippen molar-refractivity contribution in [3.05, 3.63) is 59.7 Å². The summed E-state index contributed by atoms with van der Waals surface area (Å²) in [6.45, 7) is 7.12. The van der Waals surface area contributed by atoms with Gasteiger partial charge in [-0.25, -0.2) is 0 Å². The van der Waals surface area contributed by atoms with Crippen LogP contribution in [0.4, 0.5) is 11.4 Å². The molecule has 4 heteroatoms. The summed E-state index contributed by atoms with van der Waals surface area (Å²) >= 11 is 0. The summed E-state index contributed by atoms with van der Waals surface area (Å²) < 4.78 is 0. The Hall–Kier alpha value is -2.62. The van der Waals surface area contributed by atoms with Gasteiger partial charge in [0.25, 0.3) is 0 Å². The first-order valence-electron chi connectivity index (χ1n) is 7.56. The van der Waals surface area contributed by atoms with Crippen molar-refractivity contribution in [3.63, 3.8) is 0 Å². The van der Waals surface area contributed by atoms with Gasteiger partial charge in [-0.15, -0.1) is 0 Å². The Morgan fingerprint density at radius 1 is 0.870 bits per heavy atom. The van der Waals surface area contributed by atoms with E-state index in [9.17, 15) is 9.59 Å². The molecule has 120 valence electrons. The van der Waals surface area contributed by atoms with Crippen molar-refractivity contribution in [3.8, 4) is 0 Å². The van der Waals surface area contributed by atoms with E-state index in [1.807, 2.05) is 69.3 Å². The van der Waals surface area contributed by atoms with Crippen LogP contribution >= 0.6 is 0 Å². The summed E-state index contributed by atoms with van der Waals surface area (Å²) in [5, 5.41) is 5.74. The molecule has 0 aliphatic carbocycles. The maximum atomic E-state index is 12.7. The van der Waals surface area contributed by atoms with E-state index in [0.29, 0.717) is 11.4 Å². The van der Waals surface area contributed by atoms with E-state index >= 15 is 0 Å². The highest BCUT2D eigenvalue weighted by atomic mass is 16.2. The second kappa shape index (κ2) is 6.65.